The molecule has 1 fully saturated rings. The maximum Gasteiger partial charge on any atom is 0.144 e. The monoisotopic (exact) mass is 274 g/mol. The van der Waals surface area contributed by atoms with Crippen LogP contribution in [-0.4, -0.2) is 30.4 Å². The highest BCUT2D eigenvalue weighted by molar-refractivity contribution is 5.79. The molecule has 0 amide bonds. The fourth-order valence-corrected chi connectivity index (χ4v) is 3.38. The van der Waals surface area contributed by atoms with Crippen LogP contribution in [0.1, 0.15) is 46.2 Å². The SMILES string of the molecule is Cc1c(C)c(C)c(C[N+]2(C)CCC(=O)CC2)c(C)c1C. The summed E-state index contributed by atoms with van der Waals surface area (Å²) in [6.45, 7) is 14.3. The molecule has 0 N–H and O–H groups in total. The van der Waals surface area contributed by atoms with Crippen LogP contribution in [0.25, 0.3) is 0 Å². The van der Waals surface area contributed by atoms with Gasteiger partial charge in [-0.05, 0) is 62.4 Å². The molecule has 1 aromatic carbocycles. The first-order chi connectivity index (χ1) is 9.25. The molecule has 1 saturated heterocycles. The van der Waals surface area contributed by atoms with Gasteiger partial charge in [-0.15, -0.1) is 0 Å². The predicted octanol–water partition coefficient (Wildman–Crippen LogP) is 3.54. The second-order valence-corrected chi connectivity index (χ2v) is 6.87. The molecule has 2 heteroatoms. The Kier molecular flexibility index (Phi) is 4.06. The number of hydrogen-bond donors (Lipinski definition) is 0. The number of carbonyl (C=O) groups excluding carboxylic acids is 1. The van der Waals surface area contributed by atoms with Crippen LogP contribution in [0.3, 0.4) is 0 Å². The minimum absolute atomic E-state index is 0.435. The maximum absolute atomic E-state index is 11.5. The molecular weight excluding hydrogens is 246 g/mol. The van der Waals surface area contributed by atoms with Crippen molar-refractivity contribution in [2.75, 3.05) is 20.1 Å². The summed E-state index contributed by atoms with van der Waals surface area (Å²) in [4.78, 5) is 11.5. The van der Waals surface area contributed by atoms with Gasteiger partial charge in [0.15, 0.2) is 0 Å². The second-order valence-electron chi connectivity index (χ2n) is 6.87. The lowest BCUT2D eigenvalue weighted by Gasteiger charge is -2.38. The van der Waals surface area contributed by atoms with E-state index in [1.54, 1.807) is 0 Å². The molecular formula is C18H28NO+. The van der Waals surface area contributed by atoms with Crippen LogP contribution in [0, 0.1) is 34.6 Å². The van der Waals surface area contributed by atoms with Crippen LogP contribution < -0.4 is 0 Å². The van der Waals surface area contributed by atoms with Crippen LogP contribution in [0.15, 0.2) is 0 Å². The van der Waals surface area contributed by atoms with Gasteiger partial charge in [-0.25, -0.2) is 0 Å². The van der Waals surface area contributed by atoms with Crippen LogP contribution in [-0.2, 0) is 11.3 Å². The lowest BCUT2D eigenvalue weighted by Crippen LogP contribution is -2.49. The van der Waals surface area contributed by atoms with Gasteiger partial charge in [-0.3, -0.25) is 4.79 Å². The fourth-order valence-electron chi connectivity index (χ4n) is 3.38. The number of rotatable bonds is 2. The van der Waals surface area contributed by atoms with E-state index in [9.17, 15) is 4.79 Å². The number of ketones is 1. The van der Waals surface area contributed by atoms with E-state index in [1.807, 2.05) is 0 Å². The van der Waals surface area contributed by atoms with Crippen molar-refractivity contribution < 1.29 is 9.28 Å². The van der Waals surface area contributed by atoms with Gasteiger partial charge >= 0.3 is 0 Å². The minimum Gasteiger partial charge on any atom is -0.322 e. The summed E-state index contributed by atoms with van der Waals surface area (Å²) < 4.78 is 1.01. The van der Waals surface area contributed by atoms with E-state index in [-0.39, 0.29) is 0 Å². The normalized spacial score (nSPS) is 18.4. The molecule has 0 saturated carbocycles. The standard InChI is InChI=1S/C18H28NO/c1-12-13(2)15(4)18(16(5)14(12)3)11-19(6)9-7-17(20)8-10-19/h7-11H2,1-6H3/q+1. The molecule has 110 valence electrons. The van der Waals surface area contributed by atoms with Crippen molar-refractivity contribution in [1.29, 1.82) is 0 Å². The highest BCUT2D eigenvalue weighted by Crippen LogP contribution is 2.29. The Labute approximate surface area is 123 Å². The Hall–Kier alpha value is -1.15. The minimum atomic E-state index is 0.435. The zero-order valence-corrected chi connectivity index (χ0v) is 13.9. The molecule has 0 radical (unpaired) electrons. The number of benzene rings is 1. The van der Waals surface area contributed by atoms with Crippen molar-refractivity contribution >= 4 is 5.78 Å². The highest BCUT2D eigenvalue weighted by atomic mass is 16.1. The van der Waals surface area contributed by atoms with Crippen molar-refractivity contribution in [1.82, 2.24) is 0 Å². The van der Waals surface area contributed by atoms with Crippen LogP contribution in [0.4, 0.5) is 0 Å². The zero-order chi connectivity index (χ0) is 15.1. The molecule has 1 aromatic rings. The van der Waals surface area contributed by atoms with Gasteiger partial charge in [0, 0.05) is 5.56 Å². The van der Waals surface area contributed by atoms with E-state index in [2.05, 4.69) is 41.7 Å². The topological polar surface area (TPSA) is 17.1 Å². The summed E-state index contributed by atoms with van der Waals surface area (Å²) in [5.74, 6) is 0.435. The van der Waals surface area contributed by atoms with E-state index < -0.39 is 0 Å². The van der Waals surface area contributed by atoms with Gasteiger partial charge in [0.05, 0.1) is 33.0 Å². The van der Waals surface area contributed by atoms with Gasteiger partial charge < -0.3 is 4.48 Å². The lowest BCUT2D eigenvalue weighted by molar-refractivity contribution is -0.923. The average molecular weight is 274 g/mol. The van der Waals surface area contributed by atoms with Gasteiger partial charge in [-0.2, -0.15) is 0 Å². The summed E-state index contributed by atoms with van der Waals surface area (Å²) in [5.41, 5.74) is 8.69. The van der Waals surface area contributed by atoms with Gasteiger partial charge in [0.2, 0.25) is 0 Å². The molecule has 20 heavy (non-hydrogen) atoms. The highest BCUT2D eigenvalue weighted by Gasteiger charge is 2.30. The summed E-state index contributed by atoms with van der Waals surface area (Å²) in [6, 6.07) is 0. The van der Waals surface area contributed by atoms with E-state index in [4.69, 9.17) is 0 Å². The first-order valence-corrected chi connectivity index (χ1v) is 7.66. The third kappa shape index (κ3) is 2.67. The molecule has 0 aromatic heterocycles. The molecule has 0 aliphatic carbocycles. The van der Waals surface area contributed by atoms with Crippen molar-refractivity contribution in [2.45, 2.75) is 54.0 Å². The predicted molar refractivity (Wildman–Crippen MR) is 84.0 cm³/mol. The van der Waals surface area contributed by atoms with Gasteiger partial charge in [0.25, 0.3) is 0 Å². The first kappa shape index (κ1) is 15.2. The molecule has 1 aliphatic rings. The number of likely N-dealkylation sites (tertiary alicyclic amines) is 1. The third-order valence-corrected chi connectivity index (χ3v) is 5.56. The lowest BCUT2D eigenvalue weighted by atomic mass is 9.88. The smallest absolute Gasteiger partial charge is 0.144 e. The number of piperidine rings is 1. The third-order valence-electron chi connectivity index (χ3n) is 5.56. The number of carbonyl (C=O) groups is 1. The zero-order valence-electron chi connectivity index (χ0n) is 13.9. The summed E-state index contributed by atoms with van der Waals surface area (Å²) in [7, 11) is 2.30. The Bertz CT molecular complexity index is 518. The summed E-state index contributed by atoms with van der Waals surface area (Å²) in [6.07, 6.45) is 1.50. The first-order valence-electron chi connectivity index (χ1n) is 7.66. The summed E-state index contributed by atoms with van der Waals surface area (Å²) >= 11 is 0. The van der Waals surface area contributed by atoms with Crippen molar-refractivity contribution in [3.63, 3.8) is 0 Å². The largest absolute Gasteiger partial charge is 0.322 e. The maximum atomic E-state index is 11.5. The number of nitrogens with zero attached hydrogens (tertiary/aromatic N) is 1. The van der Waals surface area contributed by atoms with Crippen molar-refractivity contribution in [2.24, 2.45) is 0 Å². The van der Waals surface area contributed by atoms with Crippen LogP contribution in [0.2, 0.25) is 0 Å². The number of hydrogen-bond acceptors (Lipinski definition) is 1. The Morgan fingerprint density at radius 2 is 1.20 bits per heavy atom. The molecule has 2 rings (SSSR count). The number of quaternary nitrogens is 1. The van der Waals surface area contributed by atoms with Crippen LogP contribution >= 0.6 is 0 Å². The van der Waals surface area contributed by atoms with Crippen molar-refractivity contribution in [3.05, 3.63) is 33.4 Å². The van der Waals surface area contributed by atoms with E-state index >= 15 is 0 Å². The van der Waals surface area contributed by atoms with E-state index in [0.717, 1.165) is 37.0 Å². The summed E-state index contributed by atoms with van der Waals surface area (Å²) in [5, 5.41) is 0. The van der Waals surface area contributed by atoms with Gasteiger partial charge in [0.1, 0.15) is 12.3 Å². The molecule has 0 atom stereocenters. The Morgan fingerprint density at radius 1 is 0.800 bits per heavy atom. The molecule has 2 nitrogen and oxygen atoms in total. The van der Waals surface area contributed by atoms with Crippen molar-refractivity contribution in [3.8, 4) is 0 Å². The van der Waals surface area contributed by atoms with E-state index in [1.165, 1.54) is 33.4 Å². The van der Waals surface area contributed by atoms with Gasteiger partial charge in [-0.1, -0.05) is 0 Å². The molecule has 1 heterocycles. The number of Topliss-reactive ketones (excluding diaryl/α,β-unsaturated/α-hetero) is 1. The van der Waals surface area contributed by atoms with E-state index in [0.29, 0.717) is 5.78 Å². The quantitative estimate of drug-likeness (QED) is 0.754. The Balaban J connectivity index is 2.37. The molecule has 1 aliphatic heterocycles. The average Bonchev–Trinajstić information content (AvgIpc) is 2.43. The second kappa shape index (κ2) is 5.33. The Morgan fingerprint density at radius 3 is 1.65 bits per heavy atom. The fraction of sp³-hybridized carbons (Fsp3) is 0.611. The molecule has 0 unspecified atom stereocenters. The van der Waals surface area contributed by atoms with Crippen LogP contribution in [0.5, 0.6) is 0 Å². The molecule has 0 bridgehead atoms. The molecule has 0 spiro atoms.